The van der Waals surface area contributed by atoms with Gasteiger partial charge in [-0.3, -0.25) is 4.79 Å². The number of hydrogen-bond donors (Lipinski definition) is 1. The number of carbonyl (C=O) groups is 1. The van der Waals surface area contributed by atoms with Crippen molar-refractivity contribution in [1.82, 2.24) is 5.32 Å². The van der Waals surface area contributed by atoms with Crippen LogP contribution in [-0.2, 0) is 4.79 Å². The second kappa shape index (κ2) is 8.83. The van der Waals surface area contributed by atoms with Crippen LogP contribution in [0.5, 0.6) is 11.5 Å². The topological polar surface area (TPSA) is 47.6 Å². The number of benzene rings is 2. The zero-order chi connectivity index (χ0) is 16.5. The van der Waals surface area contributed by atoms with Gasteiger partial charge in [0, 0.05) is 0 Å². The number of ether oxygens (including phenoxy) is 2. The fourth-order valence-electron chi connectivity index (χ4n) is 2.15. The Bertz CT molecular complexity index is 613. The molecule has 1 atom stereocenters. The van der Waals surface area contributed by atoms with Gasteiger partial charge in [-0.1, -0.05) is 49.4 Å². The van der Waals surface area contributed by atoms with Gasteiger partial charge in [0.1, 0.15) is 0 Å². The summed E-state index contributed by atoms with van der Waals surface area (Å²) in [6.07, 6.45) is 0.920. The Balaban J connectivity index is 1.87. The summed E-state index contributed by atoms with van der Waals surface area (Å²) in [4.78, 5) is 12.0. The van der Waals surface area contributed by atoms with Gasteiger partial charge < -0.3 is 14.8 Å². The summed E-state index contributed by atoms with van der Waals surface area (Å²) in [5.41, 5.74) is 1.06. The summed E-state index contributed by atoms with van der Waals surface area (Å²) in [7, 11) is 0. The highest BCUT2D eigenvalue weighted by atomic mass is 16.5. The van der Waals surface area contributed by atoms with Crippen molar-refractivity contribution in [3.63, 3.8) is 0 Å². The van der Waals surface area contributed by atoms with E-state index in [9.17, 15) is 4.79 Å². The molecular formula is C19H23NO3. The first-order chi connectivity index (χ1) is 11.2. The molecule has 2 rings (SSSR count). The molecule has 0 aliphatic carbocycles. The van der Waals surface area contributed by atoms with Gasteiger partial charge in [-0.15, -0.1) is 0 Å². The van der Waals surface area contributed by atoms with Gasteiger partial charge in [0.2, 0.25) is 0 Å². The van der Waals surface area contributed by atoms with Crippen molar-refractivity contribution >= 4 is 5.91 Å². The fourth-order valence-corrected chi connectivity index (χ4v) is 2.15. The largest absolute Gasteiger partial charge is 0.490 e. The molecule has 0 radical (unpaired) electrons. The second-order valence-electron chi connectivity index (χ2n) is 5.28. The molecule has 1 amide bonds. The van der Waals surface area contributed by atoms with Crippen LogP contribution in [0.25, 0.3) is 0 Å². The molecule has 0 saturated carbocycles. The van der Waals surface area contributed by atoms with Gasteiger partial charge in [-0.05, 0) is 31.0 Å². The van der Waals surface area contributed by atoms with Gasteiger partial charge >= 0.3 is 0 Å². The molecule has 0 fully saturated rings. The third kappa shape index (κ3) is 5.33. The summed E-state index contributed by atoms with van der Waals surface area (Å²) in [5.74, 6) is 1.09. The molecule has 0 spiro atoms. The first-order valence-corrected chi connectivity index (χ1v) is 7.89. The predicted molar refractivity (Wildman–Crippen MR) is 90.7 cm³/mol. The van der Waals surface area contributed by atoms with E-state index in [1.54, 1.807) is 6.07 Å². The van der Waals surface area contributed by atoms with E-state index in [4.69, 9.17) is 9.47 Å². The molecule has 0 aromatic heterocycles. The molecule has 1 unspecified atom stereocenters. The van der Waals surface area contributed by atoms with E-state index in [1.165, 1.54) is 0 Å². The van der Waals surface area contributed by atoms with Crippen LogP contribution in [0.2, 0.25) is 0 Å². The molecule has 0 heterocycles. The van der Waals surface area contributed by atoms with Crippen molar-refractivity contribution in [2.24, 2.45) is 0 Å². The number of nitrogens with one attached hydrogen (secondary N) is 1. The van der Waals surface area contributed by atoms with Crippen molar-refractivity contribution in [1.29, 1.82) is 0 Å². The van der Waals surface area contributed by atoms with Gasteiger partial charge in [0.05, 0.1) is 12.6 Å². The lowest BCUT2D eigenvalue weighted by Gasteiger charge is -2.15. The average Bonchev–Trinajstić information content (AvgIpc) is 2.59. The molecule has 122 valence electrons. The van der Waals surface area contributed by atoms with Gasteiger partial charge in [-0.2, -0.15) is 0 Å². The van der Waals surface area contributed by atoms with E-state index in [2.05, 4.69) is 5.32 Å². The average molecular weight is 313 g/mol. The fraction of sp³-hybridized carbons (Fsp3) is 0.316. The van der Waals surface area contributed by atoms with E-state index in [0.29, 0.717) is 18.1 Å². The maximum atomic E-state index is 12.0. The lowest BCUT2D eigenvalue weighted by atomic mass is 10.1. The summed E-state index contributed by atoms with van der Waals surface area (Å²) >= 11 is 0. The summed E-state index contributed by atoms with van der Waals surface area (Å²) in [5, 5.41) is 2.92. The number of carbonyl (C=O) groups excluding carboxylic acids is 1. The van der Waals surface area contributed by atoms with E-state index in [-0.39, 0.29) is 18.6 Å². The SMILES string of the molecule is CCCOc1ccccc1OCC(=O)NC(C)c1ccccc1. The highest BCUT2D eigenvalue weighted by Crippen LogP contribution is 2.26. The lowest BCUT2D eigenvalue weighted by Crippen LogP contribution is -2.31. The van der Waals surface area contributed by atoms with Crippen molar-refractivity contribution in [3.8, 4) is 11.5 Å². The number of rotatable bonds is 8. The molecule has 0 aliphatic heterocycles. The molecule has 0 bridgehead atoms. The Labute approximate surface area is 137 Å². The molecular weight excluding hydrogens is 290 g/mol. The minimum Gasteiger partial charge on any atom is -0.490 e. The monoisotopic (exact) mass is 313 g/mol. The highest BCUT2D eigenvalue weighted by Gasteiger charge is 2.11. The van der Waals surface area contributed by atoms with Crippen LogP contribution in [0, 0.1) is 0 Å². The highest BCUT2D eigenvalue weighted by molar-refractivity contribution is 5.78. The molecule has 2 aromatic rings. The molecule has 4 heteroatoms. The Hall–Kier alpha value is -2.49. The zero-order valence-corrected chi connectivity index (χ0v) is 13.6. The van der Waals surface area contributed by atoms with Gasteiger partial charge in [-0.25, -0.2) is 0 Å². The lowest BCUT2D eigenvalue weighted by molar-refractivity contribution is -0.123. The summed E-state index contributed by atoms with van der Waals surface area (Å²) < 4.78 is 11.2. The summed E-state index contributed by atoms with van der Waals surface area (Å²) in [6, 6.07) is 17.2. The standard InChI is InChI=1S/C19H23NO3/c1-3-13-22-17-11-7-8-12-18(17)23-14-19(21)20-15(2)16-9-5-4-6-10-16/h4-12,15H,3,13-14H2,1-2H3,(H,20,21). The van der Waals surface area contributed by atoms with E-state index >= 15 is 0 Å². The van der Waals surface area contributed by atoms with Crippen LogP contribution in [0.15, 0.2) is 54.6 Å². The number of para-hydroxylation sites is 2. The molecule has 1 N–H and O–H groups in total. The number of hydrogen-bond acceptors (Lipinski definition) is 3. The Morgan fingerprint density at radius 1 is 1.00 bits per heavy atom. The third-order valence-corrected chi connectivity index (χ3v) is 3.35. The molecule has 23 heavy (non-hydrogen) atoms. The molecule has 2 aromatic carbocycles. The minimum atomic E-state index is -0.161. The predicted octanol–water partition coefficient (Wildman–Crippen LogP) is 3.73. The van der Waals surface area contributed by atoms with E-state index in [1.807, 2.05) is 62.4 Å². The van der Waals surface area contributed by atoms with Crippen LogP contribution < -0.4 is 14.8 Å². The maximum Gasteiger partial charge on any atom is 0.258 e. The van der Waals surface area contributed by atoms with Crippen LogP contribution >= 0.6 is 0 Å². The van der Waals surface area contributed by atoms with Crippen LogP contribution in [0.1, 0.15) is 31.9 Å². The van der Waals surface area contributed by atoms with Crippen LogP contribution in [0.4, 0.5) is 0 Å². The Morgan fingerprint density at radius 2 is 1.61 bits per heavy atom. The minimum absolute atomic E-state index is 0.0380. The van der Waals surface area contributed by atoms with Crippen LogP contribution in [0.3, 0.4) is 0 Å². The van der Waals surface area contributed by atoms with Crippen molar-refractivity contribution in [3.05, 3.63) is 60.2 Å². The normalized spacial score (nSPS) is 11.6. The van der Waals surface area contributed by atoms with Gasteiger partial charge in [0.15, 0.2) is 18.1 Å². The smallest absolute Gasteiger partial charge is 0.258 e. The molecule has 4 nitrogen and oxygen atoms in total. The zero-order valence-electron chi connectivity index (χ0n) is 13.6. The van der Waals surface area contributed by atoms with Gasteiger partial charge in [0.25, 0.3) is 5.91 Å². The summed E-state index contributed by atoms with van der Waals surface area (Å²) in [6.45, 7) is 4.58. The number of amides is 1. The van der Waals surface area contributed by atoms with Crippen LogP contribution in [-0.4, -0.2) is 19.1 Å². The quantitative estimate of drug-likeness (QED) is 0.808. The van der Waals surface area contributed by atoms with E-state index in [0.717, 1.165) is 12.0 Å². The van der Waals surface area contributed by atoms with Crippen molar-refractivity contribution in [2.75, 3.05) is 13.2 Å². The Morgan fingerprint density at radius 3 is 2.26 bits per heavy atom. The first kappa shape index (κ1) is 16.9. The molecule has 0 aliphatic rings. The maximum absolute atomic E-state index is 12.0. The van der Waals surface area contributed by atoms with E-state index < -0.39 is 0 Å². The van der Waals surface area contributed by atoms with Crippen molar-refractivity contribution in [2.45, 2.75) is 26.3 Å². The van der Waals surface area contributed by atoms with Crippen molar-refractivity contribution < 1.29 is 14.3 Å². The first-order valence-electron chi connectivity index (χ1n) is 7.89. The third-order valence-electron chi connectivity index (χ3n) is 3.35. The Kier molecular flexibility index (Phi) is 6.48. The second-order valence-corrected chi connectivity index (χ2v) is 5.28. The molecule has 0 saturated heterocycles.